The minimum atomic E-state index is -0.520. The summed E-state index contributed by atoms with van der Waals surface area (Å²) in [5.41, 5.74) is 0.913. The summed E-state index contributed by atoms with van der Waals surface area (Å²) in [6.45, 7) is 3.77. The van der Waals surface area contributed by atoms with E-state index in [1.165, 1.54) is 6.08 Å². The molecule has 1 rings (SSSR count). The lowest BCUT2D eigenvalue weighted by Crippen LogP contribution is -2.36. The number of carbonyl (C=O) groups is 2. The molecule has 0 radical (unpaired) electrons. The molecule has 1 aromatic rings. The highest BCUT2D eigenvalue weighted by atomic mass is 32.2. The number of nitrogens with one attached hydrogen (secondary N) is 1. The summed E-state index contributed by atoms with van der Waals surface area (Å²) in [4.78, 5) is 24.3. The molecule has 0 unspecified atom stereocenters. The van der Waals surface area contributed by atoms with Gasteiger partial charge in [-0.1, -0.05) is 26.0 Å². The van der Waals surface area contributed by atoms with Crippen LogP contribution in [0.1, 0.15) is 32.3 Å². The van der Waals surface area contributed by atoms with Crippen LogP contribution in [0.2, 0.25) is 0 Å². The number of hydrogen-bond acceptors (Lipinski definition) is 4. The van der Waals surface area contributed by atoms with Crippen LogP contribution in [0.15, 0.2) is 35.2 Å². The van der Waals surface area contributed by atoms with Crippen molar-refractivity contribution in [2.45, 2.75) is 37.6 Å². The fourth-order valence-electron chi connectivity index (χ4n) is 1.83. The van der Waals surface area contributed by atoms with E-state index in [1.807, 2.05) is 44.4 Å². The third kappa shape index (κ3) is 6.80. The Kier molecular flexibility index (Phi) is 8.36. The average molecular weight is 321 g/mol. The van der Waals surface area contributed by atoms with Crippen LogP contribution in [-0.2, 0) is 14.3 Å². The van der Waals surface area contributed by atoms with E-state index in [-0.39, 0.29) is 18.6 Å². The molecule has 1 N–H and O–H groups in total. The van der Waals surface area contributed by atoms with Crippen molar-refractivity contribution in [2.75, 3.05) is 12.9 Å². The van der Waals surface area contributed by atoms with Gasteiger partial charge in [0, 0.05) is 17.0 Å². The number of thioether (sulfide) groups is 1. The van der Waals surface area contributed by atoms with Gasteiger partial charge in [-0.15, -0.1) is 11.8 Å². The second-order valence-corrected chi connectivity index (χ2v) is 5.67. The van der Waals surface area contributed by atoms with Gasteiger partial charge < -0.3 is 10.1 Å². The lowest BCUT2D eigenvalue weighted by Gasteiger charge is -2.14. The lowest BCUT2D eigenvalue weighted by molar-refractivity contribution is -0.144. The van der Waals surface area contributed by atoms with Crippen molar-refractivity contribution in [3.63, 3.8) is 0 Å². The van der Waals surface area contributed by atoms with Gasteiger partial charge in [0.2, 0.25) is 0 Å². The first-order valence-corrected chi connectivity index (χ1v) is 8.59. The van der Waals surface area contributed by atoms with Gasteiger partial charge in [-0.3, -0.25) is 4.79 Å². The SMILES string of the molecule is CCC(CC)NC(=O)COC(=O)/C=C/c1ccc(SC)cc1. The Morgan fingerprint density at radius 1 is 1.23 bits per heavy atom. The Labute approximate surface area is 136 Å². The molecule has 0 saturated carbocycles. The number of benzene rings is 1. The van der Waals surface area contributed by atoms with E-state index in [9.17, 15) is 9.59 Å². The maximum Gasteiger partial charge on any atom is 0.331 e. The highest BCUT2D eigenvalue weighted by Gasteiger charge is 2.09. The van der Waals surface area contributed by atoms with Gasteiger partial charge in [0.15, 0.2) is 6.61 Å². The van der Waals surface area contributed by atoms with E-state index in [4.69, 9.17) is 4.74 Å². The first-order valence-electron chi connectivity index (χ1n) is 7.37. The van der Waals surface area contributed by atoms with E-state index < -0.39 is 5.97 Å². The molecule has 0 heterocycles. The van der Waals surface area contributed by atoms with Crippen LogP contribution in [0.4, 0.5) is 0 Å². The second-order valence-electron chi connectivity index (χ2n) is 4.80. The summed E-state index contributed by atoms with van der Waals surface area (Å²) in [6.07, 6.45) is 6.74. The molecule has 120 valence electrons. The largest absolute Gasteiger partial charge is 0.452 e. The quantitative estimate of drug-likeness (QED) is 0.453. The van der Waals surface area contributed by atoms with Gasteiger partial charge in [0.25, 0.3) is 5.91 Å². The molecule has 0 spiro atoms. The van der Waals surface area contributed by atoms with Crippen molar-refractivity contribution >= 4 is 29.7 Å². The first kappa shape index (κ1) is 18.3. The standard InChI is InChI=1S/C17H23NO3S/c1-4-14(5-2)18-16(19)12-21-17(20)11-8-13-6-9-15(22-3)10-7-13/h6-11,14H,4-5,12H2,1-3H3,(H,18,19)/b11-8+. The van der Waals surface area contributed by atoms with Crippen molar-refractivity contribution in [3.8, 4) is 0 Å². The van der Waals surface area contributed by atoms with Crippen molar-refractivity contribution in [1.29, 1.82) is 0 Å². The van der Waals surface area contributed by atoms with Crippen LogP contribution < -0.4 is 5.32 Å². The molecule has 0 bridgehead atoms. The lowest BCUT2D eigenvalue weighted by atomic mass is 10.2. The molecule has 0 aliphatic heterocycles. The topological polar surface area (TPSA) is 55.4 Å². The third-order valence-electron chi connectivity index (χ3n) is 3.22. The Hall–Kier alpha value is -1.75. The Balaban J connectivity index is 2.38. The number of esters is 1. The zero-order chi connectivity index (χ0) is 16.4. The monoisotopic (exact) mass is 321 g/mol. The zero-order valence-corrected chi connectivity index (χ0v) is 14.1. The van der Waals surface area contributed by atoms with Crippen LogP contribution in [-0.4, -0.2) is 30.8 Å². The fraction of sp³-hybridized carbons (Fsp3) is 0.412. The van der Waals surface area contributed by atoms with E-state index in [2.05, 4.69) is 5.32 Å². The minimum Gasteiger partial charge on any atom is -0.452 e. The molecule has 0 aliphatic rings. The third-order valence-corrected chi connectivity index (χ3v) is 3.97. The number of carbonyl (C=O) groups excluding carboxylic acids is 2. The number of rotatable bonds is 8. The predicted molar refractivity (Wildman–Crippen MR) is 90.7 cm³/mol. The second kappa shape index (κ2) is 10.1. The molecule has 4 nitrogen and oxygen atoms in total. The molecule has 0 fully saturated rings. The average Bonchev–Trinajstić information content (AvgIpc) is 2.56. The smallest absolute Gasteiger partial charge is 0.331 e. The molecule has 1 amide bonds. The van der Waals surface area contributed by atoms with E-state index in [1.54, 1.807) is 17.8 Å². The molecule has 0 aromatic heterocycles. The molecule has 0 aliphatic carbocycles. The Morgan fingerprint density at radius 2 is 1.86 bits per heavy atom. The summed E-state index contributed by atoms with van der Waals surface area (Å²) in [6, 6.07) is 7.96. The van der Waals surface area contributed by atoms with Crippen LogP contribution in [0.5, 0.6) is 0 Å². The van der Waals surface area contributed by atoms with Gasteiger partial charge >= 0.3 is 5.97 Å². The summed E-state index contributed by atoms with van der Waals surface area (Å²) in [5.74, 6) is -0.784. The van der Waals surface area contributed by atoms with Crippen LogP contribution in [0.25, 0.3) is 6.08 Å². The van der Waals surface area contributed by atoms with Crippen molar-refractivity contribution in [1.82, 2.24) is 5.32 Å². The summed E-state index contributed by atoms with van der Waals surface area (Å²) < 4.78 is 4.92. The molecule has 1 aromatic carbocycles. The van der Waals surface area contributed by atoms with E-state index >= 15 is 0 Å². The van der Waals surface area contributed by atoms with Crippen molar-refractivity contribution in [2.24, 2.45) is 0 Å². The van der Waals surface area contributed by atoms with Crippen molar-refractivity contribution in [3.05, 3.63) is 35.9 Å². The van der Waals surface area contributed by atoms with E-state index in [0.717, 1.165) is 23.3 Å². The molecular weight excluding hydrogens is 298 g/mol. The number of hydrogen-bond donors (Lipinski definition) is 1. The number of amides is 1. The van der Waals surface area contributed by atoms with Gasteiger partial charge in [0.1, 0.15) is 0 Å². The molecule has 5 heteroatoms. The van der Waals surface area contributed by atoms with Crippen LogP contribution in [0, 0.1) is 0 Å². The summed E-state index contributed by atoms with van der Waals surface area (Å²) in [5, 5.41) is 2.82. The molecule has 0 saturated heterocycles. The molecular formula is C17H23NO3S. The van der Waals surface area contributed by atoms with Crippen LogP contribution >= 0.6 is 11.8 Å². The predicted octanol–water partition coefficient (Wildman–Crippen LogP) is 3.27. The Bertz CT molecular complexity index is 507. The number of ether oxygens (including phenoxy) is 1. The van der Waals surface area contributed by atoms with E-state index in [0.29, 0.717) is 0 Å². The molecule has 22 heavy (non-hydrogen) atoms. The van der Waals surface area contributed by atoms with Gasteiger partial charge in [-0.05, 0) is 42.9 Å². The normalized spacial score (nSPS) is 10.9. The van der Waals surface area contributed by atoms with Crippen LogP contribution in [0.3, 0.4) is 0 Å². The summed E-state index contributed by atoms with van der Waals surface area (Å²) in [7, 11) is 0. The van der Waals surface area contributed by atoms with Gasteiger partial charge in [-0.2, -0.15) is 0 Å². The maximum atomic E-state index is 11.6. The van der Waals surface area contributed by atoms with Gasteiger partial charge in [-0.25, -0.2) is 4.79 Å². The van der Waals surface area contributed by atoms with Crippen molar-refractivity contribution < 1.29 is 14.3 Å². The highest BCUT2D eigenvalue weighted by Crippen LogP contribution is 2.15. The summed E-state index contributed by atoms with van der Waals surface area (Å²) >= 11 is 1.66. The first-order chi connectivity index (χ1) is 10.6. The maximum absolute atomic E-state index is 11.6. The highest BCUT2D eigenvalue weighted by molar-refractivity contribution is 7.98. The minimum absolute atomic E-state index is 0.136. The Morgan fingerprint density at radius 3 is 2.41 bits per heavy atom. The molecule has 0 atom stereocenters. The van der Waals surface area contributed by atoms with Gasteiger partial charge in [0.05, 0.1) is 0 Å². The fourth-order valence-corrected chi connectivity index (χ4v) is 2.23. The zero-order valence-electron chi connectivity index (χ0n) is 13.3.